The Labute approximate surface area is 112 Å². The van der Waals surface area contributed by atoms with E-state index in [0.717, 1.165) is 12.2 Å². The van der Waals surface area contributed by atoms with Gasteiger partial charge < -0.3 is 4.90 Å². The molecule has 1 aliphatic carbocycles. The van der Waals surface area contributed by atoms with Gasteiger partial charge >= 0.3 is 0 Å². The normalized spacial score (nSPS) is 14.5. The molecule has 0 heterocycles. The van der Waals surface area contributed by atoms with Crippen molar-refractivity contribution in [2.75, 3.05) is 11.4 Å². The average Bonchev–Trinajstić information content (AvgIpc) is 3.18. The van der Waals surface area contributed by atoms with Crippen molar-refractivity contribution in [1.29, 1.82) is 0 Å². The second-order valence-electron chi connectivity index (χ2n) is 5.31. The number of aldehydes is 1. The van der Waals surface area contributed by atoms with Crippen molar-refractivity contribution in [2.45, 2.75) is 32.7 Å². The zero-order valence-electron chi connectivity index (χ0n) is 11.2. The molecule has 0 N–H and O–H groups in total. The molecule has 0 aromatic heterocycles. The van der Waals surface area contributed by atoms with Crippen LogP contribution in [0.1, 0.15) is 37.0 Å². The number of benzene rings is 1. The highest BCUT2D eigenvalue weighted by molar-refractivity contribution is 5.86. The highest BCUT2D eigenvalue weighted by Gasteiger charge is 2.27. The topological polar surface area (TPSA) is 63.4 Å². The Morgan fingerprint density at radius 1 is 1.47 bits per heavy atom. The maximum absolute atomic E-state index is 11.2. The summed E-state index contributed by atoms with van der Waals surface area (Å²) in [7, 11) is 0. The maximum atomic E-state index is 11.2. The summed E-state index contributed by atoms with van der Waals surface area (Å²) in [5.41, 5.74) is 1.15. The first kappa shape index (κ1) is 13.5. The summed E-state index contributed by atoms with van der Waals surface area (Å²) in [4.78, 5) is 23.6. The van der Waals surface area contributed by atoms with Gasteiger partial charge in [0.2, 0.25) is 0 Å². The van der Waals surface area contributed by atoms with Crippen molar-refractivity contribution in [3.63, 3.8) is 0 Å². The van der Waals surface area contributed by atoms with Crippen LogP contribution < -0.4 is 4.90 Å². The average molecular weight is 262 g/mol. The number of hydrogen-bond donors (Lipinski definition) is 0. The predicted molar refractivity (Wildman–Crippen MR) is 73.7 cm³/mol. The standard InChI is InChI=1S/C14H18N2O3/c1-10(2)15(8-11-3-4-11)14-6-5-13(16(18)19)7-12(14)9-17/h5-7,9-11H,3-4,8H2,1-2H3. The van der Waals surface area contributed by atoms with E-state index in [1.54, 1.807) is 6.07 Å². The van der Waals surface area contributed by atoms with Gasteiger partial charge in [0.25, 0.3) is 5.69 Å². The summed E-state index contributed by atoms with van der Waals surface area (Å²) in [5, 5.41) is 10.7. The Morgan fingerprint density at radius 3 is 2.63 bits per heavy atom. The lowest BCUT2D eigenvalue weighted by Gasteiger charge is -2.30. The zero-order chi connectivity index (χ0) is 14.0. The first-order chi connectivity index (χ1) is 9.02. The Kier molecular flexibility index (Phi) is 3.83. The highest BCUT2D eigenvalue weighted by Crippen LogP contribution is 2.34. The number of carbonyl (C=O) groups excluding carboxylic acids is 1. The van der Waals surface area contributed by atoms with Crippen molar-refractivity contribution < 1.29 is 9.72 Å². The summed E-state index contributed by atoms with van der Waals surface area (Å²) in [6, 6.07) is 4.76. The zero-order valence-corrected chi connectivity index (χ0v) is 11.2. The molecule has 1 aromatic rings. The minimum Gasteiger partial charge on any atom is -0.368 e. The summed E-state index contributed by atoms with van der Waals surface area (Å²) in [5.74, 6) is 0.692. The largest absolute Gasteiger partial charge is 0.368 e. The molecule has 0 amide bonds. The van der Waals surface area contributed by atoms with E-state index >= 15 is 0 Å². The fourth-order valence-corrected chi connectivity index (χ4v) is 2.18. The number of rotatable bonds is 6. The number of nitro groups is 1. The van der Waals surface area contributed by atoms with E-state index in [1.807, 2.05) is 0 Å². The van der Waals surface area contributed by atoms with Crippen LogP contribution in [0.2, 0.25) is 0 Å². The Balaban J connectivity index is 2.34. The lowest BCUT2D eigenvalue weighted by molar-refractivity contribution is -0.384. The molecule has 0 unspecified atom stereocenters. The minimum atomic E-state index is -0.475. The smallest absolute Gasteiger partial charge is 0.270 e. The molecular weight excluding hydrogens is 244 g/mol. The molecule has 0 atom stereocenters. The molecule has 0 radical (unpaired) electrons. The molecule has 2 rings (SSSR count). The molecule has 1 aliphatic rings. The van der Waals surface area contributed by atoms with Crippen LogP contribution in [-0.4, -0.2) is 23.8 Å². The first-order valence-electron chi connectivity index (χ1n) is 6.53. The summed E-state index contributed by atoms with van der Waals surface area (Å²) >= 11 is 0. The number of anilines is 1. The van der Waals surface area contributed by atoms with E-state index in [9.17, 15) is 14.9 Å². The van der Waals surface area contributed by atoms with E-state index in [2.05, 4.69) is 18.7 Å². The number of non-ortho nitro benzene ring substituents is 1. The van der Waals surface area contributed by atoms with Gasteiger partial charge in [-0.05, 0) is 38.7 Å². The van der Waals surface area contributed by atoms with Crippen LogP contribution in [0.25, 0.3) is 0 Å². The molecule has 0 aliphatic heterocycles. The van der Waals surface area contributed by atoms with Gasteiger partial charge in [-0.15, -0.1) is 0 Å². The second-order valence-corrected chi connectivity index (χ2v) is 5.31. The monoisotopic (exact) mass is 262 g/mol. The van der Waals surface area contributed by atoms with Crippen LogP contribution in [0.3, 0.4) is 0 Å². The Morgan fingerprint density at radius 2 is 2.16 bits per heavy atom. The van der Waals surface area contributed by atoms with E-state index in [1.165, 1.54) is 25.0 Å². The van der Waals surface area contributed by atoms with Crippen LogP contribution in [-0.2, 0) is 0 Å². The van der Waals surface area contributed by atoms with Crippen molar-refractivity contribution in [2.24, 2.45) is 5.92 Å². The Bertz CT molecular complexity index is 495. The molecule has 0 spiro atoms. The molecule has 102 valence electrons. The van der Waals surface area contributed by atoms with Crippen LogP contribution in [0, 0.1) is 16.0 Å². The van der Waals surface area contributed by atoms with Gasteiger partial charge in [-0.25, -0.2) is 0 Å². The van der Waals surface area contributed by atoms with Crippen LogP contribution in [0.15, 0.2) is 18.2 Å². The highest BCUT2D eigenvalue weighted by atomic mass is 16.6. The fourth-order valence-electron chi connectivity index (χ4n) is 2.18. The molecule has 19 heavy (non-hydrogen) atoms. The van der Waals surface area contributed by atoms with Crippen LogP contribution in [0.5, 0.6) is 0 Å². The van der Waals surface area contributed by atoms with E-state index in [0.29, 0.717) is 17.8 Å². The molecule has 1 fully saturated rings. The van der Waals surface area contributed by atoms with Crippen molar-refractivity contribution in [3.8, 4) is 0 Å². The Hall–Kier alpha value is -1.91. The lowest BCUT2D eigenvalue weighted by Crippen LogP contribution is -2.33. The van der Waals surface area contributed by atoms with Crippen molar-refractivity contribution in [3.05, 3.63) is 33.9 Å². The molecule has 1 saturated carbocycles. The molecule has 0 saturated heterocycles. The lowest BCUT2D eigenvalue weighted by atomic mass is 10.1. The van der Waals surface area contributed by atoms with Gasteiger partial charge in [0.1, 0.15) is 0 Å². The summed E-state index contributed by atoms with van der Waals surface area (Å²) in [6.45, 7) is 5.05. The third-order valence-corrected chi connectivity index (χ3v) is 3.43. The molecule has 0 bridgehead atoms. The first-order valence-corrected chi connectivity index (χ1v) is 6.53. The summed E-state index contributed by atoms with van der Waals surface area (Å²) in [6.07, 6.45) is 3.16. The maximum Gasteiger partial charge on any atom is 0.270 e. The van der Waals surface area contributed by atoms with Gasteiger partial charge in [-0.3, -0.25) is 14.9 Å². The van der Waals surface area contributed by atoms with Crippen molar-refractivity contribution in [1.82, 2.24) is 0 Å². The second kappa shape index (κ2) is 5.38. The third-order valence-electron chi connectivity index (χ3n) is 3.43. The van der Waals surface area contributed by atoms with Crippen LogP contribution >= 0.6 is 0 Å². The van der Waals surface area contributed by atoms with Gasteiger partial charge in [0.15, 0.2) is 6.29 Å². The molecule has 5 nitrogen and oxygen atoms in total. The molecule has 5 heteroatoms. The van der Waals surface area contributed by atoms with Crippen LogP contribution in [0.4, 0.5) is 11.4 Å². The number of carbonyl (C=O) groups is 1. The summed E-state index contributed by atoms with van der Waals surface area (Å²) < 4.78 is 0. The fraction of sp³-hybridized carbons (Fsp3) is 0.500. The quantitative estimate of drug-likeness (QED) is 0.449. The number of hydrogen-bond acceptors (Lipinski definition) is 4. The molecule has 1 aromatic carbocycles. The van der Waals surface area contributed by atoms with Crippen molar-refractivity contribution >= 4 is 17.7 Å². The van der Waals surface area contributed by atoms with Gasteiger partial charge in [-0.2, -0.15) is 0 Å². The minimum absolute atomic E-state index is 0.0408. The van der Waals surface area contributed by atoms with Gasteiger partial charge in [-0.1, -0.05) is 0 Å². The third kappa shape index (κ3) is 3.10. The van der Waals surface area contributed by atoms with E-state index < -0.39 is 4.92 Å². The van der Waals surface area contributed by atoms with Gasteiger partial charge in [0.05, 0.1) is 4.92 Å². The number of nitrogens with zero attached hydrogens (tertiary/aromatic N) is 2. The predicted octanol–water partition coefficient (Wildman–Crippen LogP) is 3.03. The number of nitro benzene ring substituents is 1. The van der Waals surface area contributed by atoms with E-state index in [4.69, 9.17) is 0 Å². The van der Waals surface area contributed by atoms with E-state index in [-0.39, 0.29) is 11.7 Å². The van der Waals surface area contributed by atoms with Gasteiger partial charge in [0, 0.05) is 36.0 Å². The molecular formula is C14H18N2O3. The SMILES string of the molecule is CC(C)N(CC1CC1)c1ccc([N+](=O)[O-])cc1C=O.